The van der Waals surface area contributed by atoms with Gasteiger partial charge >= 0.3 is 0 Å². The number of carbonyl (C=O) groups is 1. The van der Waals surface area contributed by atoms with Crippen LogP contribution in [-0.4, -0.2) is 31.6 Å². The lowest BCUT2D eigenvalue weighted by Gasteiger charge is -2.18. The molecule has 0 radical (unpaired) electrons. The summed E-state index contributed by atoms with van der Waals surface area (Å²) in [6.45, 7) is 0.405. The van der Waals surface area contributed by atoms with E-state index in [1.165, 1.54) is 0 Å². The molecule has 0 aliphatic heterocycles. The molecule has 0 saturated carbocycles. The fraction of sp³-hybridized carbons (Fsp3) is 0.235. The van der Waals surface area contributed by atoms with Crippen LogP contribution in [0.15, 0.2) is 46.9 Å². The molecule has 6 heteroatoms. The first kappa shape index (κ1) is 17.6. The maximum Gasteiger partial charge on any atom is 0.260 e. The minimum absolute atomic E-state index is 0.0728. The molecule has 0 aliphatic carbocycles. The Balaban J connectivity index is 1.93. The number of methoxy groups -OCH3 is 1. The first-order valence-corrected chi connectivity index (χ1v) is 8.11. The van der Waals surface area contributed by atoms with Gasteiger partial charge in [-0.25, -0.2) is 0 Å². The lowest BCUT2D eigenvalue weighted by Crippen LogP contribution is -2.31. The molecule has 0 fully saturated rings. The van der Waals surface area contributed by atoms with Crippen molar-refractivity contribution >= 4 is 33.4 Å². The molecule has 0 saturated heterocycles. The van der Waals surface area contributed by atoms with Crippen molar-refractivity contribution in [2.45, 2.75) is 6.54 Å². The number of carbonyl (C=O) groups excluding carboxylic acids is 1. The summed E-state index contributed by atoms with van der Waals surface area (Å²) in [5, 5.41) is 0.469. The number of ether oxygens (including phenoxy) is 2. The van der Waals surface area contributed by atoms with Crippen LogP contribution in [0.2, 0.25) is 5.02 Å². The molecule has 0 N–H and O–H groups in total. The Hall–Kier alpha value is -1.72. The number of halogens is 2. The van der Waals surface area contributed by atoms with E-state index in [-0.39, 0.29) is 12.5 Å². The van der Waals surface area contributed by atoms with Gasteiger partial charge in [0.05, 0.1) is 12.1 Å². The van der Waals surface area contributed by atoms with Crippen molar-refractivity contribution < 1.29 is 14.3 Å². The Morgan fingerprint density at radius 3 is 2.78 bits per heavy atom. The maximum atomic E-state index is 12.2. The van der Waals surface area contributed by atoms with Gasteiger partial charge < -0.3 is 14.4 Å². The van der Waals surface area contributed by atoms with E-state index in [1.54, 1.807) is 31.2 Å². The van der Waals surface area contributed by atoms with E-state index in [0.717, 1.165) is 15.8 Å². The molecule has 0 aromatic heterocycles. The first-order chi connectivity index (χ1) is 11.0. The Bertz CT molecular complexity index is 693. The van der Waals surface area contributed by atoms with Crippen LogP contribution < -0.4 is 9.47 Å². The number of rotatable bonds is 6. The number of nitrogens with zero attached hydrogens (tertiary/aromatic N) is 1. The topological polar surface area (TPSA) is 38.8 Å². The van der Waals surface area contributed by atoms with Gasteiger partial charge in [-0.05, 0) is 35.9 Å². The molecule has 1 amide bonds. The van der Waals surface area contributed by atoms with E-state index in [0.29, 0.717) is 17.3 Å². The smallest absolute Gasteiger partial charge is 0.260 e. The van der Waals surface area contributed by atoms with E-state index < -0.39 is 0 Å². The van der Waals surface area contributed by atoms with E-state index in [1.807, 2.05) is 30.3 Å². The molecule has 122 valence electrons. The number of hydrogen-bond donors (Lipinski definition) is 0. The summed E-state index contributed by atoms with van der Waals surface area (Å²) in [5.41, 5.74) is 0.987. The molecule has 2 aromatic carbocycles. The van der Waals surface area contributed by atoms with Crippen molar-refractivity contribution in [1.29, 1.82) is 0 Å². The quantitative estimate of drug-likeness (QED) is 0.734. The normalized spacial score (nSPS) is 10.3. The fourth-order valence-electron chi connectivity index (χ4n) is 1.97. The van der Waals surface area contributed by atoms with Gasteiger partial charge in [-0.15, -0.1) is 0 Å². The zero-order valence-corrected chi connectivity index (χ0v) is 15.2. The van der Waals surface area contributed by atoms with Crippen molar-refractivity contribution in [3.8, 4) is 11.5 Å². The monoisotopic (exact) mass is 397 g/mol. The molecule has 0 aliphatic rings. The molecule has 2 rings (SSSR count). The summed E-state index contributed by atoms with van der Waals surface area (Å²) in [4.78, 5) is 13.8. The molecule has 0 unspecified atom stereocenters. The molecular formula is C17H17BrClNO3. The van der Waals surface area contributed by atoms with Gasteiger partial charge in [0.1, 0.15) is 11.5 Å². The average Bonchev–Trinajstić information content (AvgIpc) is 2.55. The van der Waals surface area contributed by atoms with Gasteiger partial charge in [0.25, 0.3) is 5.91 Å². The third-order valence-electron chi connectivity index (χ3n) is 3.22. The lowest BCUT2D eigenvalue weighted by atomic mass is 10.2. The van der Waals surface area contributed by atoms with Crippen LogP contribution in [0.4, 0.5) is 0 Å². The molecule has 0 spiro atoms. The highest BCUT2D eigenvalue weighted by Crippen LogP contribution is 2.27. The summed E-state index contributed by atoms with van der Waals surface area (Å²) in [6.07, 6.45) is 0. The Kier molecular flexibility index (Phi) is 6.30. The number of amides is 1. The minimum atomic E-state index is -0.135. The van der Waals surface area contributed by atoms with Gasteiger partial charge in [-0.1, -0.05) is 39.7 Å². The Labute approximate surface area is 149 Å². The van der Waals surface area contributed by atoms with Crippen LogP contribution in [0.3, 0.4) is 0 Å². The molecule has 4 nitrogen and oxygen atoms in total. The van der Waals surface area contributed by atoms with Crippen molar-refractivity contribution in [3.05, 3.63) is 57.5 Å². The average molecular weight is 399 g/mol. The van der Waals surface area contributed by atoms with Gasteiger partial charge in [-0.3, -0.25) is 4.79 Å². The fourth-order valence-corrected chi connectivity index (χ4v) is 2.48. The minimum Gasteiger partial charge on any atom is -0.497 e. The zero-order chi connectivity index (χ0) is 16.8. The summed E-state index contributed by atoms with van der Waals surface area (Å²) >= 11 is 9.38. The second-order valence-corrected chi connectivity index (χ2v) is 6.29. The van der Waals surface area contributed by atoms with Crippen LogP contribution in [-0.2, 0) is 11.3 Å². The summed E-state index contributed by atoms with van der Waals surface area (Å²) in [5.74, 6) is 1.11. The number of benzene rings is 2. The molecule has 2 aromatic rings. The van der Waals surface area contributed by atoms with Crippen LogP contribution in [0, 0.1) is 0 Å². The van der Waals surface area contributed by atoms with Gasteiger partial charge in [0, 0.05) is 18.1 Å². The Morgan fingerprint density at radius 2 is 2.04 bits per heavy atom. The van der Waals surface area contributed by atoms with Crippen molar-refractivity contribution in [2.75, 3.05) is 20.8 Å². The van der Waals surface area contributed by atoms with Crippen molar-refractivity contribution in [1.82, 2.24) is 4.90 Å². The van der Waals surface area contributed by atoms with Gasteiger partial charge in [0.15, 0.2) is 6.61 Å². The standard InChI is InChI=1S/C17H17BrClNO3/c1-20(10-12-4-3-5-14(8-12)22-2)17(21)11-23-16-9-13(18)6-7-15(16)19/h3-9H,10-11H2,1-2H3. The summed E-state index contributed by atoms with van der Waals surface area (Å²) in [7, 11) is 3.34. The third kappa shape index (κ3) is 5.15. The SMILES string of the molecule is COc1cccc(CN(C)C(=O)COc2cc(Br)ccc2Cl)c1. The maximum absolute atomic E-state index is 12.2. The highest BCUT2D eigenvalue weighted by Gasteiger charge is 2.12. The number of hydrogen-bond acceptors (Lipinski definition) is 3. The molecule has 0 bridgehead atoms. The molecular weight excluding hydrogens is 382 g/mol. The van der Waals surface area contributed by atoms with Gasteiger partial charge in [-0.2, -0.15) is 0 Å². The van der Waals surface area contributed by atoms with E-state index in [4.69, 9.17) is 21.1 Å². The van der Waals surface area contributed by atoms with Crippen molar-refractivity contribution in [3.63, 3.8) is 0 Å². The van der Waals surface area contributed by atoms with E-state index >= 15 is 0 Å². The number of likely N-dealkylation sites (N-methyl/N-ethyl adjacent to an activating group) is 1. The predicted octanol–water partition coefficient (Wildman–Crippen LogP) is 4.15. The Morgan fingerprint density at radius 1 is 1.26 bits per heavy atom. The molecule has 0 atom stereocenters. The summed E-state index contributed by atoms with van der Waals surface area (Å²) in [6, 6.07) is 12.9. The molecule has 0 heterocycles. The van der Waals surface area contributed by atoms with Crippen LogP contribution >= 0.6 is 27.5 Å². The second-order valence-electron chi connectivity index (χ2n) is 4.96. The van der Waals surface area contributed by atoms with Crippen molar-refractivity contribution in [2.24, 2.45) is 0 Å². The van der Waals surface area contributed by atoms with Crippen LogP contribution in [0.1, 0.15) is 5.56 Å². The highest BCUT2D eigenvalue weighted by molar-refractivity contribution is 9.10. The lowest BCUT2D eigenvalue weighted by molar-refractivity contribution is -0.132. The van der Waals surface area contributed by atoms with E-state index in [2.05, 4.69) is 15.9 Å². The van der Waals surface area contributed by atoms with E-state index in [9.17, 15) is 4.79 Å². The van der Waals surface area contributed by atoms with Crippen LogP contribution in [0.25, 0.3) is 0 Å². The van der Waals surface area contributed by atoms with Gasteiger partial charge in [0.2, 0.25) is 0 Å². The summed E-state index contributed by atoms with van der Waals surface area (Å²) < 4.78 is 11.5. The highest BCUT2D eigenvalue weighted by atomic mass is 79.9. The zero-order valence-electron chi connectivity index (χ0n) is 12.9. The second kappa shape index (κ2) is 8.22. The van der Waals surface area contributed by atoms with Crippen LogP contribution in [0.5, 0.6) is 11.5 Å². The largest absolute Gasteiger partial charge is 0.497 e. The first-order valence-electron chi connectivity index (χ1n) is 6.94. The predicted molar refractivity (Wildman–Crippen MR) is 94.1 cm³/mol. The third-order valence-corrected chi connectivity index (χ3v) is 4.03. The molecule has 23 heavy (non-hydrogen) atoms.